The van der Waals surface area contributed by atoms with E-state index in [1.54, 1.807) is 0 Å². The molecule has 1 heterocycles. The second-order valence-electron chi connectivity index (χ2n) is 2.81. The van der Waals surface area contributed by atoms with Crippen LogP contribution in [0.1, 0.15) is 6.42 Å². The average molecular weight is 174 g/mol. The summed E-state index contributed by atoms with van der Waals surface area (Å²) in [6, 6.07) is 0. The summed E-state index contributed by atoms with van der Waals surface area (Å²) in [5.74, 6) is -0.853. The molecule has 3 N–H and O–H groups in total. The van der Waals surface area contributed by atoms with Gasteiger partial charge < -0.3 is 15.6 Å². The molecule has 0 bridgehead atoms. The molecule has 0 unspecified atom stereocenters. The fourth-order valence-electron chi connectivity index (χ4n) is 1.22. The highest BCUT2D eigenvalue weighted by Crippen LogP contribution is 2.02. The van der Waals surface area contributed by atoms with Gasteiger partial charge in [0.2, 0.25) is 0 Å². The van der Waals surface area contributed by atoms with Crippen LogP contribution >= 0.6 is 0 Å². The number of rotatable bonds is 3. The summed E-state index contributed by atoms with van der Waals surface area (Å²) in [4.78, 5) is 12.2. The number of nitrogens with zero attached hydrogens (tertiary/aromatic N) is 1. The van der Waals surface area contributed by atoms with Crippen molar-refractivity contribution in [1.82, 2.24) is 4.90 Å². The van der Waals surface area contributed by atoms with Crippen molar-refractivity contribution in [2.75, 3.05) is 26.3 Å². The SMILES string of the molecule is N[C@H](CC(=O)O)N1CCOCC1. The smallest absolute Gasteiger partial charge is 0.306 e. The van der Waals surface area contributed by atoms with Crippen LogP contribution in [0.3, 0.4) is 0 Å². The van der Waals surface area contributed by atoms with E-state index in [1.807, 2.05) is 4.90 Å². The van der Waals surface area contributed by atoms with E-state index in [9.17, 15) is 4.79 Å². The van der Waals surface area contributed by atoms with Gasteiger partial charge in [-0.15, -0.1) is 0 Å². The second kappa shape index (κ2) is 4.39. The molecule has 0 aliphatic carbocycles. The normalized spacial score (nSPS) is 22.1. The lowest BCUT2D eigenvalue weighted by Crippen LogP contribution is -2.48. The molecule has 1 atom stereocenters. The average Bonchev–Trinajstić information content (AvgIpc) is 2.05. The summed E-state index contributed by atoms with van der Waals surface area (Å²) >= 11 is 0. The lowest BCUT2D eigenvalue weighted by molar-refractivity contribution is -0.138. The van der Waals surface area contributed by atoms with Gasteiger partial charge >= 0.3 is 5.97 Å². The van der Waals surface area contributed by atoms with Crippen LogP contribution in [-0.4, -0.2) is 48.4 Å². The minimum atomic E-state index is -0.853. The van der Waals surface area contributed by atoms with Crippen LogP contribution in [0, 0.1) is 0 Å². The molecule has 1 aliphatic rings. The van der Waals surface area contributed by atoms with E-state index in [-0.39, 0.29) is 12.6 Å². The predicted octanol–water partition coefficient (Wildman–Crippen LogP) is -0.922. The molecule has 0 spiro atoms. The van der Waals surface area contributed by atoms with E-state index < -0.39 is 5.97 Å². The zero-order chi connectivity index (χ0) is 8.97. The molecule has 5 nitrogen and oxygen atoms in total. The van der Waals surface area contributed by atoms with Gasteiger partial charge in [0, 0.05) is 13.1 Å². The molecule has 0 amide bonds. The standard InChI is InChI=1S/C7H14N2O3/c8-6(5-7(10)11)9-1-3-12-4-2-9/h6H,1-5,8H2,(H,10,11)/t6-/m0/s1. The molecule has 1 aliphatic heterocycles. The van der Waals surface area contributed by atoms with Gasteiger partial charge in [-0.2, -0.15) is 0 Å². The van der Waals surface area contributed by atoms with Crippen LogP contribution in [0.25, 0.3) is 0 Å². The number of carbonyl (C=O) groups is 1. The van der Waals surface area contributed by atoms with Crippen molar-refractivity contribution in [3.63, 3.8) is 0 Å². The van der Waals surface area contributed by atoms with Crippen LogP contribution in [0.15, 0.2) is 0 Å². The number of morpholine rings is 1. The molecule has 0 saturated carbocycles. The molecule has 1 fully saturated rings. The molecule has 0 aromatic heterocycles. The maximum atomic E-state index is 10.3. The van der Waals surface area contributed by atoms with Crippen molar-refractivity contribution in [2.45, 2.75) is 12.6 Å². The van der Waals surface area contributed by atoms with Crippen LogP contribution < -0.4 is 5.73 Å². The highest BCUT2D eigenvalue weighted by molar-refractivity contribution is 5.67. The largest absolute Gasteiger partial charge is 0.481 e. The zero-order valence-electron chi connectivity index (χ0n) is 6.90. The van der Waals surface area contributed by atoms with Gasteiger partial charge in [-0.3, -0.25) is 9.69 Å². The first-order chi connectivity index (χ1) is 5.70. The lowest BCUT2D eigenvalue weighted by Gasteiger charge is -2.30. The number of ether oxygens (including phenoxy) is 1. The van der Waals surface area contributed by atoms with Crippen molar-refractivity contribution < 1.29 is 14.6 Å². The van der Waals surface area contributed by atoms with Gasteiger partial charge in [-0.05, 0) is 0 Å². The maximum Gasteiger partial charge on any atom is 0.306 e. The van der Waals surface area contributed by atoms with E-state index >= 15 is 0 Å². The van der Waals surface area contributed by atoms with Crippen molar-refractivity contribution >= 4 is 5.97 Å². The van der Waals surface area contributed by atoms with Gasteiger partial charge in [0.1, 0.15) is 0 Å². The number of hydrogen-bond donors (Lipinski definition) is 2. The Balaban J connectivity index is 2.29. The lowest BCUT2D eigenvalue weighted by atomic mass is 10.3. The molecule has 1 saturated heterocycles. The summed E-state index contributed by atoms with van der Waals surface area (Å²) in [5, 5.41) is 8.48. The summed E-state index contributed by atoms with van der Waals surface area (Å²) in [7, 11) is 0. The molecule has 5 heteroatoms. The third kappa shape index (κ3) is 2.77. The number of hydrogen-bond acceptors (Lipinski definition) is 4. The van der Waals surface area contributed by atoms with Gasteiger partial charge in [-0.1, -0.05) is 0 Å². The van der Waals surface area contributed by atoms with E-state index in [1.165, 1.54) is 0 Å². The molecule has 12 heavy (non-hydrogen) atoms. The number of carboxylic acid groups (broad SMARTS) is 1. The van der Waals surface area contributed by atoms with Crippen molar-refractivity contribution in [1.29, 1.82) is 0 Å². The topological polar surface area (TPSA) is 75.8 Å². The van der Waals surface area contributed by atoms with Gasteiger partial charge in [0.25, 0.3) is 0 Å². The first kappa shape index (κ1) is 9.44. The van der Waals surface area contributed by atoms with Crippen molar-refractivity contribution in [3.05, 3.63) is 0 Å². The zero-order valence-corrected chi connectivity index (χ0v) is 6.90. The Kier molecular flexibility index (Phi) is 3.46. The predicted molar refractivity (Wildman–Crippen MR) is 42.6 cm³/mol. The molecule has 0 aromatic rings. The van der Waals surface area contributed by atoms with Crippen molar-refractivity contribution in [3.8, 4) is 0 Å². The fraction of sp³-hybridized carbons (Fsp3) is 0.857. The quantitative estimate of drug-likeness (QED) is 0.578. The molecular weight excluding hydrogens is 160 g/mol. The van der Waals surface area contributed by atoms with Crippen LogP contribution in [0.2, 0.25) is 0 Å². The minimum absolute atomic E-state index is 0. The van der Waals surface area contributed by atoms with E-state index in [0.717, 1.165) is 13.1 Å². The second-order valence-corrected chi connectivity index (χ2v) is 2.81. The Morgan fingerprint density at radius 1 is 1.58 bits per heavy atom. The summed E-state index contributed by atoms with van der Waals surface area (Å²) in [6.07, 6.45) is -0.369. The molecule has 0 aromatic carbocycles. The Morgan fingerprint density at radius 3 is 2.67 bits per heavy atom. The Bertz CT molecular complexity index is 157. The van der Waals surface area contributed by atoms with Gasteiger partial charge in [0.15, 0.2) is 0 Å². The van der Waals surface area contributed by atoms with Gasteiger partial charge in [-0.25, -0.2) is 0 Å². The monoisotopic (exact) mass is 174 g/mol. The van der Waals surface area contributed by atoms with E-state index in [4.69, 9.17) is 15.6 Å². The highest BCUT2D eigenvalue weighted by Gasteiger charge is 2.19. The van der Waals surface area contributed by atoms with Crippen LogP contribution in [-0.2, 0) is 9.53 Å². The Labute approximate surface area is 71.1 Å². The van der Waals surface area contributed by atoms with Gasteiger partial charge in [0.05, 0.1) is 25.8 Å². The Morgan fingerprint density at radius 2 is 2.17 bits per heavy atom. The molecule has 0 radical (unpaired) electrons. The summed E-state index contributed by atoms with van der Waals surface area (Å²) in [5.41, 5.74) is 5.64. The van der Waals surface area contributed by atoms with Crippen molar-refractivity contribution in [2.24, 2.45) is 5.73 Å². The number of aliphatic carboxylic acids is 1. The van der Waals surface area contributed by atoms with Crippen LogP contribution in [0.5, 0.6) is 0 Å². The third-order valence-corrected chi connectivity index (χ3v) is 1.90. The third-order valence-electron chi connectivity index (χ3n) is 1.90. The number of nitrogens with two attached hydrogens (primary N) is 1. The Hall–Kier alpha value is -0.650. The summed E-state index contributed by atoms with van der Waals surface area (Å²) < 4.78 is 5.11. The highest BCUT2D eigenvalue weighted by atomic mass is 16.5. The number of carboxylic acids is 1. The first-order valence-corrected chi connectivity index (χ1v) is 3.99. The molecule has 70 valence electrons. The first-order valence-electron chi connectivity index (χ1n) is 3.99. The van der Waals surface area contributed by atoms with Crippen LogP contribution in [0.4, 0.5) is 0 Å². The van der Waals surface area contributed by atoms with E-state index in [2.05, 4.69) is 0 Å². The maximum absolute atomic E-state index is 10.3. The fourth-order valence-corrected chi connectivity index (χ4v) is 1.22. The van der Waals surface area contributed by atoms with E-state index in [0.29, 0.717) is 13.2 Å². The molecule has 1 rings (SSSR count). The summed E-state index contributed by atoms with van der Waals surface area (Å²) in [6.45, 7) is 2.75. The minimum Gasteiger partial charge on any atom is -0.481 e. The molecular formula is C7H14N2O3.